The molecule has 1 aromatic rings. The van der Waals surface area contributed by atoms with Crippen molar-refractivity contribution in [3.8, 4) is 0 Å². The number of hydrogen-bond acceptors (Lipinski definition) is 3. The van der Waals surface area contributed by atoms with Gasteiger partial charge in [-0.2, -0.15) is 0 Å². The van der Waals surface area contributed by atoms with Gasteiger partial charge in [-0.25, -0.2) is 4.79 Å². The SMILES string of the molecule is C[C@H](N)c1c(C(=O)O)ccc(Cl)c1N. The molecule has 5 N–H and O–H groups in total. The molecule has 0 saturated carbocycles. The van der Waals surface area contributed by atoms with Crippen molar-refractivity contribution in [2.45, 2.75) is 13.0 Å². The molecule has 0 radical (unpaired) electrons. The Bertz CT molecular complexity index is 377. The molecule has 0 fully saturated rings. The molecule has 0 amide bonds. The monoisotopic (exact) mass is 214 g/mol. The molecule has 0 heterocycles. The number of nitrogen functional groups attached to an aromatic ring is 1. The van der Waals surface area contributed by atoms with Gasteiger partial charge in [-0.3, -0.25) is 0 Å². The van der Waals surface area contributed by atoms with E-state index in [1.54, 1.807) is 6.92 Å². The molecular weight excluding hydrogens is 204 g/mol. The van der Waals surface area contributed by atoms with E-state index >= 15 is 0 Å². The summed E-state index contributed by atoms with van der Waals surface area (Å²) in [5.41, 5.74) is 12.0. The molecule has 0 aliphatic rings. The summed E-state index contributed by atoms with van der Waals surface area (Å²) in [4.78, 5) is 10.8. The lowest BCUT2D eigenvalue weighted by Gasteiger charge is -2.13. The van der Waals surface area contributed by atoms with Crippen LogP contribution in [0, 0.1) is 0 Å². The Morgan fingerprint density at radius 1 is 1.57 bits per heavy atom. The van der Waals surface area contributed by atoms with Crippen molar-refractivity contribution in [1.29, 1.82) is 0 Å². The van der Waals surface area contributed by atoms with E-state index in [2.05, 4.69) is 0 Å². The topological polar surface area (TPSA) is 89.3 Å². The average molecular weight is 215 g/mol. The second-order valence-electron chi connectivity index (χ2n) is 3.02. The third-order valence-corrected chi connectivity index (χ3v) is 2.25. The van der Waals surface area contributed by atoms with Gasteiger partial charge in [0.25, 0.3) is 0 Å². The third kappa shape index (κ3) is 1.81. The fourth-order valence-corrected chi connectivity index (χ4v) is 1.45. The maximum atomic E-state index is 10.8. The van der Waals surface area contributed by atoms with Crippen LogP contribution in [0.2, 0.25) is 5.02 Å². The summed E-state index contributed by atoms with van der Waals surface area (Å²) in [7, 11) is 0. The first-order valence-corrected chi connectivity index (χ1v) is 4.39. The quantitative estimate of drug-likeness (QED) is 0.653. The Morgan fingerprint density at radius 2 is 2.14 bits per heavy atom. The predicted octanol–water partition coefficient (Wildman–Crippen LogP) is 1.64. The molecule has 5 heteroatoms. The van der Waals surface area contributed by atoms with Crippen LogP contribution >= 0.6 is 11.6 Å². The van der Waals surface area contributed by atoms with E-state index in [1.807, 2.05) is 0 Å². The van der Waals surface area contributed by atoms with Crippen LogP contribution in [0.3, 0.4) is 0 Å². The van der Waals surface area contributed by atoms with Crippen molar-refractivity contribution in [1.82, 2.24) is 0 Å². The Balaban J connectivity index is 3.45. The standard InChI is InChI=1S/C9H11ClN2O2/c1-4(11)7-5(9(13)14)2-3-6(10)8(7)12/h2-4H,11-12H2,1H3,(H,13,14)/t4-/m0/s1. The number of carbonyl (C=O) groups is 1. The zero-order valence-corrected chi connectivity index (χ0v) is 8.38. The minimum absolute atomic E-state index is 0.0990. The predicted molar refractivity (Wildman–Crippen MR) is 55.4 cm³/mol. The third-order valence-electron chi connectivity index (χ3n) is 1.92. The number of hydrogen-bond donors (Lipinski definition) is 3. The van der Waals surface area contributed by atoms with Gasteiger partial charge in [0.05, 0.1) is 16.3 Å². The highest BCUT2D eigenvalue weighted by Gasteiger charge is 2.17. The summed E-state index contributed by atoms with van der Waals surface area (Å²) >= 11 is 5.76. The molecule has 1 aromatic carbocycles. The number of carboxylic acid groups (broad SMARTS) is 1. The molecule has 1 atom stereocenters. The zero-order valence-electron chi connectivity index (χ0n) is 7.62. The second kappa shape index (κ2) is 3.86. The molecule has 14 heavy (non-hydrogen) atoms. The van der Waals surface area contributed by atoms with Crippen molar-refractivity contribution in [2.24, 2.45) is 5.73 Å². The van der Waals surface area contributed by atoms with E-state index in [1.165, 1.54) is 12.1 Å². The lowest BCUT2D eigenvalue weighted by molar-refractivity contribution is 0.0695. The smallest absolute Gasteiger partial charge is 0.336 e. The van der Waals surface area contributed by atoms with Gasteiger partial charge in [0.2, 0.25) is 0 Å². The second-order valence-corrected chi connectivity index (χ2v) is 3.42. The number of benzene rings is 1. The Morgan fingerprint density at radius 3 is 2.57 bits per heavy atom. The number of aromatic carboxylic acids is 1. The molecule has 0 spiro atoms. The molecule has 0 aromatic heterocycles. The van der Waals surface area contributed by atoms with E-state index in [0.29, 0.717) is 10.6 Å². The number of nitrogens with two attached hydrogens (primary N) is 2. The van der Waals surface area contributed by atoms with Crippen LogP contribution < -0.4 is 11.5 Å². The minimum atomic E-state index is -1.05. The molecular formula is C9H11ClN2O2. The van der Waals surface area contributed by atoms with Gasteiger partial charge in [-0.15, -0.1) is 0 Å². The van der Waals surface area contributed by atoms with Crippen molar-refractivity contribution < 1.29 is 9.90 Å². The van der Waals surface area contributed by atoms with Crippen molar-refractivity contribution in [3.63, 3.8) is 0 Å². The van der Waals surface area contributed by atoms with E-state index < -0.39 is 12.0 Å². The molecule has 4 nitrogen and oxygen atoms in total. The maximum absolute atomic E-state index is 10.8. The molecule has 0 unspecified atom stereocenters. The van der Waals surface area contributed by atoms with E-state index in [-0.39, 0.29) is 11.3 Å². The highest BCUT2D eigenvalue weighted by atomic mass is 35.5. The lowest BCUT2D eigenvalue weighted by Crippen LogP contribution is -2.14. The zero-order chi connectivity index (χ0) is 10.9. The highest BCUT2D eigenvalue weighted by Crippen LogP contribution is 2.29. The van der Waals surface area contributed by atoms with Gasteiger partial charge in [-0.1, -0.05) is 11.6 Å². The summed E-state index contributed by atoms with van der Waals surface area (Å²) in [6.45, 7) is 1.66. The van der Waals surface area contributed by atoms with Crippen LogP contribution in [-0.4, -0.2) is 11.1 Å². The summed E-state index contributed by atoms with van der Waals surface area (Å²) in [5.74, 6) is -1.05. The number of halogens is 1. The first-order valence-electron chi connectivity index (χ1n) is 4.02. The van der Waals surface area contributed by atoms with Crippen LogP contribution in [0.5, 0.6) is 0 Å². The first kappa shape index (κ1) is 10.8. The highest BCUT2D eigenvalue weighted by molar-refractivity contribution is 6.33. The molecule has 0 aliphatic carbocycles. The van der Waals surface area contributed by atoms with Crippen molar-refractivity contribution in [3.05, 3.63) is 28.3 Å². The Hall–Kier alpha value is -1.26. The lowest BCUT2D eigenvalue weighted by atomic mass is 10.00. The van der Waals surface area contributed by atoms with Crippen LogP contribution in [0.1, 0.15) is 28.9 Å². The number of rotatable bonds is 2. The van der Waals surface area contributed by atoms with E-state index in [4.69, 9.17) is 28.2 Å². The first-order chi connectivity index (χ1) is 6.45. The summed E-state index contributed by atoms with van der Waals surface area (Å²) in [6.07, 6.45) is 0. The van der Waals surface area contributed by atoms with Crippen LogP contribution in [0.25, 0.3) is 0 Å². The molecule has 0 bridgehead atoms. The molecule has 1 rings (SSSR count). The van der Waals surface area contributed by atoms with E-state index in [0.717, 1.165) is 0 Å². The fraction of sp³-hybridized carbons (Fsp3) is 0.222. The van der Waals surface area contributed by atoms with Gasteiger partial charge >= 0.3 is 5.97 Å². The van der Waals surface area contributed by atoms with Crippen LogP contribution in [0.4, 0.5) is 5.69 Å². The molecule has 0 saturated heterocycles. The Kier molecular flexibility index (Phi) is 2.98. The summed E-state index contributed by atoms with van der Waals surface area (Å²) in [5, 5.41) is 9.20. The van der Waals surface area contributed by atoms with E-state index in [9.17, 15) is 4.79 Å². The average Bonchev–Trinajstić information content (AvgIpc) is 2.08. The summed E-state index contributed by atoms with van der Waals surface area (Å²) < 4.78 is 0. The Labute approximate surface area is 86.5 Å². The van der Waals surface area contributed by atoms with Crippen molar-refractivity contribution in [2.75, 3.05) is 5.73 Å². The fourth-order valence-electron chi connectivity index (χ4n) is 1.29. The normalized spacial score (nSPS) is 12.5. The minimum Gasteiger partial charge on any atom is -0.478 e. The largest absolute Gasteiger partial charge is 0.478 e. The van der Waals surface area contributed by atoms with Gasteiger partial charge in [0.15, 0.2) is 0 Å². The van der Waals surface area contributed by atoms with Gasteiger partial charge in [0.1, 0.15) is 0 Å². The van der Waals surface area contributed by atoms with Gasteiger partial charge in [0, 0.05) is 11.6 Å². The van der Waals surface area contributed by atoms with Crippen LogP contribution in [0.15, 0.2) is 12.1 Å². The van der Waals surface area contributed by atoms with Gasteiger partial charge < -0.3 is 16.6 Å². The number of anilines is 1. The maximum Gasteiger partial charge on any atom is 0.336 e. The number of carboxylic acids is 1. The van der Waals surface area contributed by atoms with Crippen molar-refractivity contribution >= 4 is 23.3 Å². The van der Waals surface area contributed by atoms with Gasteiger partial charge in [-0.05, 0) is 19.1 Å². The molecule has 0 aliphatic heterocycles. The molecule has 76 valence electrons. The summed E-state index contributed by atoms with van der Waals surface area (Å²) in [6, 6.07) is 2.39. The van der Waals surface area contributed by atoms with Crippen LogP contribution in [-0.2, 0) is 0 Å².